The first kappa shape index (κ1) is 15.1. The Morgan fingerprint density at radius 3 is 2.43 bits per heavy atom. The van der Waals surface area contributed by atoms with Crippen molar-refractivity contribution in [3.05, 3.63) is 47.8 Å². The number of rotatable bonds is 4. The molecule has 1 unspecified atom stereocenters. The van der Waals surface area contributed by atoms with E-state index in [1.807, 2.05) is 43.6 Å². The summed E-state index contributed by atoms with van der Waals surface area (Å²) in [6.07, 6.45) is 1.85. The Morgan fingerprint density at radius 1 is 1.29 bits per heavy atom. The summed E-state index contributed by atoms with van der Waals surface area (Å²) in [7, 11) is 1.85. The third-order valence-electron chi connectivity index (χ3n) is 3.25. The Morgan fingerprint density at radius 2 is 1.90 bits per heavy atom. The number of para-hydroxylation sites is 1. The second-order valence-electron chi connectivity index (χ2n) is 6.20. The Hall–Kier alpha value is -2.30. The summed E-state index contributed by atoms with van der Waals surface area (Å²) >= 11 is 0. The van der Waals surface area contributed by atoms with Crippen molar-refractivity contribution >= 4 is 11.6 Å². The van der Waals surface area contributed by atoms with Gasteiger partial charge in [0, 0.05) is 29.9 Å². The monoisotopic (exact) mass is 286 g/mol. The largest absolute Gasteiger partial charge is 0.370 e. The molecule has 1 aromatic carbocycles. The van der Waals surface area contributed by atoms with Crippen molar-refractivity contribution in [2.45, 2.75) is 32.2 Å². The molecule has 2 rings (SSSR count). The average molecular weight is 286 g/mol. The van der Waals surface area contributed by atoms with Gasteiger partial charge in [-0.15, -0.1) is 0 Å². The van der Waals surface area contributed by atoms with Gasteiger partial charge in [-0.25, -0.2) is 0 Å². The van der Waals surface area contributed by atoms with Gasteiger partial charge in [0.2, 0.25) is 5.91 Å². The van der Waals surface area contributed by atoms with Crippen molar-refractivity contribution in [3.63, 3.8) is 0 Å². The van der Waals surface area contributed by atoms with Gasteiger partial charge in [0.05, 0.1) is 5.69 Å². The Balaban J connectivity index is 2.42. The van der Waals surface area contributed by atoms with Crippen LogP contribution in [-0.2, 0) is 17.3 Å². The third kappa shape index (κ3) is 3.42. The second kappa shape index (κ2) is 5.60. The van der Waals surface area contributed by atoms with E-state index in [0.29, 0.717) is 0 Å². The number of aryl methyl sites for hydroxylation is 1. The van der Waals surface area contributed by atoms with Gasteiger partial charge in [0.25, 0.3) is 0 Å². The number of carbonyl (C=O) groups is 1. The van der Waals surface area contributed by atoms with Crippen molar-refractivity contribution in [2.75, 3.05) is 5.32 Å². The lowest BCUT2D eigenvalue weighted by Crippen LogP contribution is -2.30. The minimum absolute atomic E-state index is 0.164. The first-order valence-electron chi connectivity index (χ1n) is 6.94. The first-order chi connectivity index (χ1) is 9.79. The SMILES string of the molecule is Cn1cc(C(Nc2ccccc2)C(N)=O)c(C(C)(C)C)n1. The van der Waals surface area contributed by atoms with E-state index < -0.39 is 11.9 Å². The standard InChI is InChI=1S/C16H22N4O/c1-16(2,3)14-12(10-20(4)19-14)13(15(17)21)18-11-8-6-5-7-9-11/h5-10,13,18H,1-4H3,(H2,17,21). The lowest BCUT2D eigenvalue weighted by molar-refractivity contribution is -0.118. The highest BCUT2D eigenvalue weighted by molar-refractivity contribution is 5.84. The number of hydrogen-bond donors (Lipinski definition) is 2. The predicted molar refractivity (Wildman–Crippen MR) is 83.9 cm³/mol. The number of anilines is 1. The number of primary amides is 1. The van der Waals surface area contributed by atoms with E-state index >= 15 is 0 Å². The molecule has 0 aliphatic heterocycles. The number of benzene rings is 1. The fourth-order valence-electron chi connectivity index (χ4n) is 2.30. The summed E-state index contributed by atoms with van der Waals surface area (Å²) in [4.78, 5) is 11.9. The van der Waals surface area contributed by atoms with Crippen LogP contribution in [0.3, 0.4) is 0 Å². The van der Waals surface area contributed by atoms with Crippen molar-refractivity contribution in [2.24, 2.45) is 12.8 Å². The summed E-state index contributed by atoms with van der Waals surface area (Å²) in [5, 5.41) is 7.69. The number of nitrogens with two attached hydrogens (primary N) is 1. The van der Waals surface area contributed by atoms with Crippen LogP contribution in [0.2, 0.25) is 0 Å². The predicted octanol–water partition coefficient (Wildman–Crippen LogP) is 2.36. The molecule has 0 aliphatic rings. The van der Waals surface area contributed by atoms with Crippen molar-refractivity contribution in [3.8, 4) is 0 Å². The number of aromatic nitrogens is 2. The van der Waals surface area contributed by atoms with E-state index in [-0.39, 0.29) is 5.41 Å². The van der Waals surface area contributed by atoms with E-state index in [1.165, 1.54) is 0 Å². The number of hydrogen-bond acceptors (Lipinski definition) is 3. The molecule has 0 saturated carbocycles. The summed E-state index contributed by atoms with van der Waals surface area (Å²) in [5.41, 5.74) is 7.98. The molecule has 0 aliphatic carbocycles. The maximum absolute atomic E-state index is 11.9. The van der Waals surface area contributed by atoms with Crippen molar-refractivity contribution < 1.29 is 4.79 Å². The van der Waals surface area contributed by atoms with E-state index in [0.717, 1.165) is 16.9 Å². The summed E-state index contributed by atoms with van der Waals surface area (Å²) in [5.74, 6) is -0.419. The highest BCUT2D eigenvalue weighted by Crippen LogP contribution is 2.30. The molecule has 0 saturated heterocycles. The van der Waals surface area contributed by atoms with Crippen LogP contribution in [0.5, 0.6) is 0 Å². The van der Waals surface area contributed by atoms with Gasteiger partial charge in [-0.2, -0.15) is 5.10 Å². The molecule has 3 N–H and O–H groups in total. The lowest BCUT2D eigenvalue weighted by atomic mass is 9.87. The fourth-order valence-corrected chi connectivity index (χ4v) is 2.30. The zero-order valence-corrected chi connectivity index (χ0v) is 12.9. The lowest BCUT2D eigenvalue weighted by Gasteiger charge is -2.22. The van der Waals surface area contributed by atoms with Gasteiger partial charge in [-0.05, 0) is 12.1 Å². The van der Waals surface area contributed by atoms with Gasteiger partial charge in [0.15, 0.2) is 0 Å². The van der Waals surface area contributed by atoms with Crippen LogP contribution in [0.4, 0.5) is 5.69 Å². The highest BCUT2D eigenvalue weighted by atomic mass is 16.1. The molecule has 1 amide bonds. The first-order valence-corrected chi connectivity index (χ1v) is 6.94. The van der Waals surface area contributed by atoms with E-state index in [1.54, 1.807) is 4.68 Å². The van der Waals surface area contributed by atoms with Crippen molar-refractivity contribution in [1.82, 2.24) is 9.78 Å². The molecular formula is C16H22N4O. The van der Waals surface area contributed by atoms with Gasteiger partial charge < -0.3 is 11.1 Å². The third-order valence-corrected chi connectivity index (χ3v) is 3.25. The van der Waals surface area contributed by atoms with E-state index in [4.69, 9.17) is 5.73 Å². The minimum Gasteiger partial charge on any atom is -0.370 e. The van der Waals surface area contributed by atoms with Crippen LogP contribution >= 0.6 is 0 Å². The Bertz CT molecular complexity index is 625. The highest BCUT2D eigenvalue weighted by Gasteiger charge is 2.29. The van der Waals surface area contributed by atoms with E-state index in [2.05, 4.69) is 31.2 Å². The number of amides is 1. The molecular weight excluding hydrogens is 264 g/mol. The average Bonchev–Trinajstić information content (AvgIpc) is 2.78. The number of carbonyl (C=O) groups excluding carboxylic acids is 1. The quantitative estimate of drug-likeness (QED) is 0.906. The molecule has 0 bridgehead atoms. The van der Waals surface area contributed by atoms with Gasteiger partial charge in [-0.3, -0.25) is 9.48 Å². The van der Waals surface area contributed by atoms with Crippen molar-refractivity contribution in [1.29, 1.82) is 0 Å². The molecule has 0 radical (unpaired) electrons. The van der Waals surface area contributed by atoms with Crippen LogP contribution in [0, 0.1) is 0 Å². The molecule has 1 heterocycles. The molecule has 0 spiro atoms. The second-order valence-corrected chi connectivity index (χ2v) is 6.20. The van der Waals surface area contributed by atoms with Crippen LogP contribution in [-0.4, -0.2) is 15.7 Å². The normalized spacial score (nSPS) is 13.0. The van der Waals surface area contributed by atoms with Crippen LogP contribution in [0.15, 0.2) is 36.5 Å². The molecule has 0 fully saturated rings. The fraction of sp³-hybridized carbons (Fsp3) is 0.375. The summed E-state index contributed by atoms with van der Waals surface area (Å²) < 4.78 is 1.72. The maximum atomic E-state index is 11.9. The van der Waals surface area contributed by atoms with Gasteiger partial charge >= 0.3 is 0 Å². The van der Waals surface area contributed by atoms with Gasteiger partial charge in [-0.1, -0.05) is 39.0 Å². The molecule has 21 heavy (non-hydrogen) atoms. The summed E-state index contributed by atoms with van der Waals surface area (Å²) in [6.45, 7) is 6.21. The number of nitrogens with one attached hydrogen (secondary N) is 1. The molecule has 1 atom stereocenters. The summed E-state index contributed by atoms with van der Waals surface area (Å²) in [6, 6.07) is 8.96. The van der Waals surface area contributed by atoms with Crippen LogP contribution < -0.4 is 11.1 Å². The molecule has 5 nitrogen and oxygen atoms in total. The minimum atomic E-state index is -0.602. The molecule has 112 valence electrons. The smallest absolute Gasteiger partial charge is 0.244 e. The molecule has 5 heteroatoms. The topological polar surface area (TPSA) is 72.9 Å². The zero-order chi connectivity index (χ0) is 15.6. The maximum Gasteiger partial charge on any atom is 0.244 e. The molecule has 1 aromatic heterocycles. The zero-order valence-electron chi connectivity index (χ0n) is 12.9. The van der Waals surface area contributed by atoms with Gasteiger partial charge in [0.1, 0.15) is 6.04 Å². The Labute approximate surface area is 125 Å². The number of nitrogens with zero attached hydrogens (tertiary/aromatic N) is 2. The van der Waals surface area contributed by atoms with E-state index in [9.17, 15) is 4.79 Å². The molecule has 2 aromatic rings. The Kier molecular flexibility index (Phi) is 4.02. The van der Waals surface area contributed by atoms with Crippen LogP contribution in [0.25, 0.3) is 0 Å². The van der Waals surface area contributed by atoms with Crippen LogP contribution in [0.1, 0.15) is 38.1 Å².